The number of ether oxygens (including phenoxy) is 1. The summed E-state index contributed by atoms with van der Waals surface area (Å²) in [7, 11) is 0. The summed E-state index contributed by atoms with van der Waals surface area (Å²) in [6, 6.07) is 7.18. The molecule has 1 aliphatic carbocycles. The Bertz CT molecular complexity index is 1180. The molecule has 1 fully saturated rings. The lowest BCUT2D eigenvalue weighted by Gasteiger charge is -2.21. The molecule has 0 atom stereocenters. The Morgan fingerprint density at radius 1 is 1.33 bits per heavy atom. The van der Waals surface area contributed by atoms with E-state index in [0.717, 1.165) is 30.0 Å². The number of rotatable bonds is 10. The first-order chi connectivity index (χ1) is 16.0. The summed E-state index contributed by atoms with van der Waals surface area (Å²) in [5.74, 6) is 2.21. The van der Waals surface area contributed by atoms with Gasteiger partial charge in [-0.05, 0) is 58.5 Å². The molecule has 174 valence electrons. The van der Waals surface area contributed by atoms with Crippen molar-refractivity contribution in [2.24, 2.45) is 9.98 Å². The van der Waals surface area contributed by atoms with Crippen LogP contribution in [-0.4, -0.2) is 52.5 Å². The van der Waals surface area contributed by atoms with Gasteiger partial charge in [0.1, 0.15) is 11.7 Å². The molecular weight excluding hydrogens is 421 g/mol. The van der Waals surface area contributed by atoms with Crippen molar-refractivity contribution >= 4 is 29.3 Å². The zero-order valence-corrected chi connectivity index (χ0v) is 19.3. The molecule has 0 radical (unpaired) electrons. The SMILES string of the molecule is C=N/C(=C\C(=N/COc1ccc2[nH]c(C)cc2c1F)N(CC)CC)Nc1cc(C2CC2)[nH]n1. The van der Waals surface area contributed by atoms with Crippen molar-refractivity contribution in [2.75, 3.05) is 25.1 Å². The topological polar surface area (TPSA) is 93.7 Å². The van der Waals surface area contributed by atoms with E-state index in [1.165, 1.54) is 12.8 Å². The van der Waals surface area contributed by atoms with Crippen molar-refractivity contribution in [3.05, 3.63) is 53.4 Å². The van der Waals surface area contributed by atoms with E-state index in [1.54, 1.807) is 24.3 Å². The van der Waals surface area contributed by atoms with Crippen molar-refractivity contribution < 1.29 is 9.13 Å². The molecule has 33 heavy (non-hydrogen) atoms. The van der Waals surface area contributed by atoms with Crippen molar-refractivity contribution in [1.82, 2.24) is 20.1 Å². The molecule has 0 unspecified atom stereocenters. The van der Waals surface area contributed by atoms with Crippen molar-refractivity contribution in [3.63, 3.8) is 0 Å². The predicted molar refractivity (Wildman–Crippen MR) is 131 cm³/mol. The molecule has 0 aliphatic heterocycles. The molecule has 2 heterocycles. The third kappa shape index (κ3) is 5.24. The molecule has 1 saturated carbocycles. The molecule has 8 nitrogen and oxygen atoms in total. The summed E-state index contributed by atoms with van der Waals surface area (Å²) in [6.45, 7) is 11.1. The van der Waals surface area contributed by atoms with Gasteiger partial charge in [0.15, 0.2) is 24.1 Å². The van der Waals surface area contributed by atoms with E-state index < -0.39 is 5.82 Å². The quantitative estimate of drug-likeness (QED) is 0.300. The first-order valence-corrected chi connectivity index (χ1v) is 11.2. The monoisotopic (exact) mass is 451 g/mol. The van der Waals surface area contributed by atoms with E-state index in [-0.39, 0.29) is 12.5 Å². The van der Waals surface area contributed by atoms with Crippen LogP contribution in [0.2, 0.25) is 0 Å². The van der Waals surface area contributed by atoms with Crippen molar-refractivity contribution in [1.29, 1.82) is 0 Å². The second kappa shape index (κ2) is 9.89. The number of amidine groups is 1. The Hall–Kier alpha value is -3.62. The zero-order valence-electron chi connectivity index (χ0n) is 19.3. The predicted octanol–water partition coefficient (Wildman–Crippen LogP) is 4.95. The maximum atomic E-state index is 14.8. The minimum Gasteiger partial charge on any atom is -0.468 e. The number of aliphatic imine (C=N–C) groups is 2. The molecular formula is C24H30FN7O. The Kier molecular flexibility index (Phi) is 6.76. The van der Waals surface area contributed by atoms with Gasteiger partial charge in [-0.3, -0.25) is 5.10 Å². The molecule has 1 aliphatic rings. The second-order valence-corrected chi connectivity index (χ2v) is 8.05. The number of likely N-dealkylation sites (N-methyl/N-ethyl adjacent to an activating group) is 1. The van der Waals surface area contributed by atoms with E-state index in [0.29, 0.717) is 28.8 Å². The number of halogens is 1. The van der Waals surface area contributed by atoms with Gasteiger partial charge in [-0.2, -0.15) is 5.10 Å². The summed E-state index contributed by atoms with van der Waals surface area (Å²) < 4.78 is 20.5. The van der Waals surface area contributed by atoms with Gasteiger partial charge in [0.2, 0.25) is 0 Å². The smallest absolute Gasteiger partial charge is 0.181 e. The first-order valence-electron chi connectivity index (χ1n) is 11.2. The third-order valence-electron chi connectivity index (χ3n) is 5.68. The number of aromatic amines is 2. The Labute approximate surface area is 192 Å². The van der Waals surface area contributed by atoms with Crippen LogP contribution in [-0.2, 0) is 0 Å². The van der Waals surface area contributed by atoms with Crippen LogP contribution < -0.4 is 10.1 Å². The Morgan fingerprint density at radius 2 is 2.12 bits per heavy atom. The molecule has 0 spiro atoms. The molecule has 4 rings (SSSR count). The molecule has 9 heteroatoms. The van der Waals surface area contributed by atoms with Gasteiger partial charge < -0.3 is 19.9 Å². The van der Waals surface area contributed by atoms with Crippen LogP contribution >= 0.6 is 0 Å². The number of nitrogens with one attached hydrogen (secondary N) is 3. The summed E-state index contributed by atoms with van der Waals surface area (Å²) >= 11 is 0. The minimum absolute atomic E-state index is 0.0349. The number of hydrogen-bond acceptors (Lipinski definition) is 5. The number of nitrogens with zero attached hydrogens (tertiary/aromatic N) is 4. The maximum absolute atomic E-state index is 14.8. The van der Waals surface area contributed by atoms with Gasteiger partial charge in [-0.15, -0.1) is 0 Å². The lowest BCUT2D eigenvalue weighted by atomic mass is 10.2. The van der Waals surface area contributed by atoms with Crippen LogP contribution in [0.1, 0.15) is 44.0 Å². The minimum atomic E-state index is -0.396. The van der Waals surface area contributed by atoms with E-state index in [4.69, 9.17) is 4.74 Å². The molecule has 2 aromatic heterocycles. The largest absolute Gasteiger partial charge is 0.468 e. The molecule has 3 aromatic rings. The van der Waals surface area contributed by atoms with Gasteiger partial charge >= 0.3 is 0 Å². The molecule has 0 bridgehead atoms. The highest BCUT2D eigenvalue weighted by molar-refractivity contribution is 5.94. The molecule has 0 amide bonds. The van der Waals surface area contributed by atoms with Crippen LogP contribution in [0.3, 0.4) is 0 Å². The summed E-state index contributed by atoms with van der Waals surface area (Å²) in [5, 5.41) is 11.1. The molecule has 1 aromatic carbocycles. The van der Waals surface area contributed by atoms with E-state index in [2.05, 4.69) is 42.1 Å². The Morgan fingerprint density at radius 3 is 2.82 bits per heavy atom. The average molecular weight is 452 g/mol. The highest BCUT2D eigenvalue weighted by Gasteiger charge is 2.25. The lowest BCUT2D eigenvalue weighted by Crippen LogP contribution is -2.30. The second-order valence-electron chi connectivity index (χ2n) is 8.05. The third-order valence-corrected chi connectivity index (χ3v) is 5.68. The number of anilines is 1. The number of aryl methyl sites for hydroxylation is 1. The number of aromatic nitrogens is 3. The summed E-state index contributed by atoms with van der Waals surface area (Å²) in [4.78, 5) is 13.9. The lowest BCUT2D eigenvalue weighted by molar-refractivity contribution is 0.312. The highest BCUT2D eigenvalue weighted by Crippen LogP contribution is 2.39. The van der Waals surface area contributed by atoms with Crippen LogP contribution in [0, 0.1) is 12.7 Å². The van der Waals surface area contributed by atoms with Crippen LogP contribution in [0.4, 0.5) is 10.2 Å². The van der Waals surface area contributed by atoms with Crippen molar-refractivity contribution in [3.8, 4) is 5.75 Å². The average Bonchev–Trinajstić information content (AvgIpc) is 3.43. The summed E-state index contributed by atoms with van der Waals surface area (Å²) in [5.41, 5.74) is 2.76. The van der Waals surface area contributed by atoms with E-state index >= 15 is 0 Å². The van der Waals surface area contributed by atoms with Crippen LogP contribution in [0.15, 0.2) is 46.1 Å². The fraction of sp³-hybridized carbons (Fsp3) is 0.375. The van der Waals surface area contributed by atoms with Crippen LogP contribution in [0.5, 0.6) is 5.75 Å². The van der Waals surface area contributed by atoms with Gasteiger partial charge in [0, 0.05) is 53.4 Å². The molecule has 0 saturated heterocycles. The number of H-pyrrole nitrogens is 2. The maximum Gasteiger partial charge on any atom is 0.181 e. The first kappa shape index (κ1) is 22.6. The van der Waals surface area contributed by atoms with Gasteiger partial charge in [-0.25, -0.2) is 14.4 Å². The van der Waals surface area contributed by atoms with Crippen LogP contribution in [0.25, 0.3) is 10.9 Å². The van der Waals surface area contributed by atoms with E-state index in [1.807, 2.05) is 26.8 Å². The highest BCUT2D eigenvalue weighted by atomic mass is 19.1. The van der Waals surface area contributed by atoms with Gasteiger partial charge in [0.25, 0.3) is 0 Å². The van der Waals surface area contributed by atoms with E-state index in [9.17, 15) is 4.39 Å². The fourth-order valence-electron chi connectivity index (χ4n) is 3.73. The molecule has 3 N–H and O–H groups in total. The van der Waals surface area contributed by atoms with Gasteiger partial charge in [0.05, 0.1) is 0 Å². The van der Waals surface area contributed by atoms with Gasteiger partial charge in [-0.1, -0.05) is 0 Å². The number of benzene rings is 1. The summed E-state index contributed by atoms with van der Waals surface area (Å²) in [6.07, 6.45) is 4.18. The van der Waals surface area contributed by atoms with Crippen molar-refractivity contribution in [2.45, 2.75) is 39.5 Å². The zero-order chi connectivity index (χ0) is 23.4. The fourth-order valence-corrected chi connectivity index (χ4v) is 3.73. The Balaban J connectivity index is 1.51. The number of fused-ring (bicyclic) bond motifs is 1. The number of hydrogen-bond donors (Lipinski definition) is 3. The normalized spacial score (nSPS) is 14.5. The standard InChI is InChI=1S/C24H30FN7O/c1-5-32(6-2)23(13-21(26-4)29-22-12-19(30-31-22)16-7-8-16)27-14-33-20-10-9-18-17(24(20)25)11-15(3)28-18/h9-13,16,28H,4-8,14H2,1-3H3,(H2,29,30,31)/b21-13+,27-23+.